The summed E-state index contributed by atoms with van der Waals surface area (Å²) in [4.78, 5) is 11.2. The highest BCUT2D eigenvalue weighted by atomic mass is 32.2. The molecule has 8 heteroatoms. The molecule has 2 aromatic rings. The smallest absolute Gasteiger partial charge is 0.208 e. The van der Waals surface area contributed by atoms with Gasteiger partial charge in [-0.15, -0.1) is 10.2 Å². The summed E-state index contributed by atoms with van der Waals surface area (Å²) in [5.74, 6) is 1.99. The van der Waals surface area contributed by atoms with E-state index in [1.54, 1.807) is 23.1 Å². The molecular weight excluding hydrogens is 304 g/mol. The van der Waals surface area contributed by atoms with Gasteiger partial charge in [-0.25, -0.2) is 9.97 Å². The van der Waals surface area contributed by atoms with Gasteiger partial charge in [0.05, 0.1) is 0 Å². The van der Waals surface area contributed by atoms with E-state index < -0.39 is 0 Å². The second kappa shape index (κ2) is 6.57. The molecule has 0 aliphatic heterocycles. The van der Waals surface area contributed by atoms with Crippen LogP contribution < -0.4 is 10.2 Å². The molecule has 0 aliphatic carbocycles. The molecule has 114 valence electrons. The van der Waals surface area contributed by atoms with Gasteiger partial charge in [0, 0.05) is 32.6 Å². The first-order valence-corrected chi connectivity index (χ1v) is 8.30. The van der Waals surface area contributed by atoms with Crippen molar-refractivity contribution in [2.75, 3.05) is 31.4 Å². The Hall–Kier alpha value is -1.41. The van der Waals surface area contributed by atoms with Crippen LogP contribution >= 0.6 is 23.1 Å². The summed E-state index contributed by atoms with van der Waals surface area (Å²) in [5, 5.41) is 13.3. The highest BCUT2D eigenvalue weighted by Gasteiger charge is 2.16. The molecule has 0 radical (unpaired) electrons. The number of rotatable bonds is 5. The molecule has 0 fully saturated rings. The van der Waals surface area contributed by atoms with Crippen molar-refractivity contribution in [2.45, 2.75) is 36.1 Å². The Morgan fingerprint density at radius 1 is 1.19 bits per heavy atom. The van der Waals surface area contributed by atoms with E-state index in [9.17, 15) is 0 Å². The molecule has 21 heavy (non-hydrogen) atoms. The lowest BCUT2D eigenvalue weighted by Gasteiger charge is -2.12. The Kier molecular flexibility index (Phi) is 5.00. The molecule has 2 aromatic heterocycles. The number of hydrogen-bond acceptors (Lipinski definition) is 8. The Morgan fingerprint density at radius 3 is 2.43 bits per heavy atom. The quantitative estimate of drug-likeness (QED) is 0.848. The Bertz CT molecular complexity index is 623. The molecule has 0 atom stereocenters. The fourth-order valence-electron chi connectivity index (χ4n) is 1.62. The van der Waals surface area contributed by atoms with Gasteiger partial charge < -0.3 is 10.2 Å². The van der Waals surface area contributed by atoms with Crippen molar-refractivity contribution < 1.29 is 0 Å². The van der Waals surface area contributed by atoms with Crippen molar-refractivity contribution in [1.82, 2.24) is 20.2 Å². The van der Waals surface area contributed by atoms with Crippen LogP contribution in [0.5, 0.6) is 0 Å². The predicted molar refractivity (Wildman–Crippen MR) is 88.8 cm³/mol. The number of anilines is 2. The molecule has 0 saturated heterocycles. The van der Waals surface area contributed by atoms with Crippen LogP contribution in [-0.2, 0) is 0 Å². The first-order chi connectivity index (χ1) is 9.92. The molecule has 0 spiro atoms. The van der Waals surface area contributed by atoms with Crippen molar-refractivity contribution in [3.63, 3.8) is 0 Å². The Labute approximate surface area is 133 Å². The van der Waals surface area contributed by atoms with Crippen molar-refractivity contribution in [3.8, 4) is 0 Å². The van der Waals surface area contributed by atoms with E-state index in [0.717, 1.165) is 31.7 Å². The van der Waals surface area contributed by atoms with Crippen LogP contribution in [0, 0.1) is 6.92 Å². The normalized spacial score (nSPS) is 11.0. The number of nitrogens with zero attached hydrogens (tertiary/aromatic N) is 5. The molecule has 0 aliphatic rings. The van der Waals surface area contributed by atoms with Crippen LogP contribution in [0.25, 0.3) is 0 Å². The molecule has 0 aromatic carbocycles. The van der Waals surface area contributed by atoms with Crippen LogP contribution in [0.15, 0.2) is 9.37 Å². The maximum atomic E-state index is 4.67. The summed E-state index contributed by atoms with van der Waals surface area (Å²) in [5.41, 5.74) is 1.04. The van der Waals surface area contributed by atoms with Crippen molar-refractivity contribution >= 4 is 34.0 Å². The monoisotopic (exact) mass is 324 g/mol. The molecule has 6 nitrogen and oxygen atoms in total. The van der Waals surface area contributed by atoms with Crippen molar-refractivity contribution in [1.29, 1.82) is 0 Å². The summed E-state index contributed by atoms with van der Waals surface area (Å²) < 4.78 is 0.886. The van der Waals surface area contributed by atoms with Crippen LogP contribution in [0.1, 0.15) is 31.2 Å². The molecule has 0 unspecified atom stereocenters. The number of hydrogen-bond donors (Lipinski definition) is 1. The summed E-state index contributed by atoms with van der Waals surface area (Å²) in [6.45, 7) is 6.20. The zero-order valence-electron chi connectivity index (χ0n) is 13.1. The lowest BCUT2D eigenvalue weighted by Crippen LogP contribution is -2.07. The van der Waals surface area contributed by atoms with Gasteiger partial charge >= 0.3 is 0 Å². The minimum atomic E-state index is 0.281. The first kappa shape index (κ1) is 16.0. The second-order valence-corrected chi connectivity index (χ2v) is 7.30. The molecule has 2 rings (SSSR count). The molecule has 0 saturated carbocycles. The highest BCUT2D eigenvalue weighted by Crippen LogP contribution is 2.35. The standard InChI is InChI=1S/C13H20N6S2/c1-7(2)9-15-10(14-4)8(3)11(16-9)20-13-18-17-12(21-13)19(5)6/h7H,1-6H3,(H,14,15,16). The summed E-state index contributed by atoms with van der Waals surface area (Å²) in [6.07, 6.45) is 0. The molecular formula is C13H20N6S2. The molecule has 1 N–H and O–H groups in total. The SMILES string of the molecule is CNc1nc(C(C)C)nc(Sc2nnc(N(C)C)s2)c1C. The fourth-order valence-corrected chi connectivity index (χ4v) is 3.39. The predicted octanol–water partition coefficient (Wildman–Crippen LogP) is 3.02. The molecule has 0 amide bonds. The van der Waals surface area contributed by atoms with Gasteiger partial charge in [0.1, 0.15) is 16.7 Å². The zero-order chi connectivity index (χ0) is 15.6. The van der Waals surface area contributed by atoms with Gasteiger partial charge in [-0.2, -0.15) is 0 Å². The average Bonchev–Trinajstić information content (AvgIpc) is 2.89. The molecule has 0 bridgehead atoms. The van der Waals surface area contributed by atoms with Crippen LogP contribution in [-0.4, -0.2) is 41.3 Å². The Morgan fingerprint density at radius 2 is 1.90 bits per heavy atom. The van der Waals surface area contributed by atoms with Crippen molar-refractivity contribution in [2.24, 2.45) is 0 Å². The third kappa shape index (κ3) is 3.62. The minimum Gasteiger partial charge on any atom is -0.373 e. The maximum Gasteiger partial charge on any atom is 0.208 e. The van der Waals surface area contributed by atoms with Crippen LogP contribution in [0.3, 0.4) is 0 Å². The van der Waals surface area contributed by atoms with E-state index >= 15 is 0 Å². The van der Waals surface area contributed by atoms with E-state index in [1.807, 2.05) is 33.0 Å². The van der Waals surface area contributed by atoms with E-state index in [-0.39, 0.29) is 5.92 Å². The Balaban J connectivity index is 2.35. The lowest BCUT2D eigenvalue weighted by molar-refractivity contribution is 0.749. The van der Waals surface area contributed by atoms with E-state index in [1.165, 1.54) is 0 Å². The highest BCUT2D eigenvalue weighted by molar-refractivity contribution is 8.01. The van der Waals surface area contributed by atoms with Gasteiger partial charge in [0.15, 0.2) is 4.34 Å². The largest absolute Gasteiger partial charge is 0.373 e. The van der Waals surface area contributed by atoms with Gasteiger partial charge in [-0.1, -0.05) is 25.2 Å². The summed E-state index contributed by atoms with van der Waals surface area (Å²) in [7, 11) is 5.80. The van der Waals surface area contributed by atoms with Gasteiger partial charge in [-0.05, 0) is 18.7 Å². The van der Waals surface area contributed by atoms with Crippen molar-refractivity contribution in [3.05, 3.63) is 11.4 Å². The van der Waals surface area contributed by atoms with Gasteiger partial charge in [0.25, 0.3) is 0 Å². The zero-order valence-corrected chi connectivity index (χ0v) is 14.8. The van der Waals surface area contributed by atoms with E-state index in [4.69, 9.17) is 0 Å². The maximum absolute atomic E-state index is 4.67. The fraction of sp³-hybridized carbons (Fsp3) is 0.538. The second-order valence-electron chi connectivity index (χ2n) is 5.11. The van der Waals surface area contributed by atoms with Gasteiger partial charge in [0.2, 0.25) is 5.13 Å². The number of nitrogens with one attached hydrogen (secondary N) is 1. The third-order valence-corrected chi connectivity index (χ3v) is 5.07. The summed E-state index contributed by atoms with van der Waals surface area (Å²) >= 11 is 3.10. The lowest BCUT2D eigenvalue weighted by atomic mass is 10.2. The average molecular weight is 324 g/mol. The van der Waals surface area contributed by atoms with Gasteiger partial charge in [-0.3, -0.25) is 0 Å². The number of aromatic nitrogens is 4. The van der Waals surface area contributed by atoms with E-state index in [2.05, 4.69) is 39.3 Å². The third-order valence-electron chi connectivity index (χ3n) is 2.83. The van der Waals surface area contributed by atoms with Crippen LogP contribution in [0.4, 0.5) is 10.9 Å². The topological polar surface area (TPSA) is 66.8 Å². The van der Waals surface area contributed by atoms with E-state index in [0.29, 0.717) is 0 Å². The first-order valence-electron chi connectivity index (χ1n) is 6.67. The minimum absolute atomic E-state index is 0.281. The molecule has 2 heterocycles. The summed E-state index contributed by atoms with van der Waals surface area (Å²) in [6, 6.07) is 0. The van der Waals surface area contributed by atoms with Crippen LogP contribution in [0.2, 0.25) is 0 Å².